The van der Waals surface area contributed by atoms with Crippen molar-refractivity contribution in [2.45, 2.75) is 70.8 Å². The maximum atomic E-state index is 6.25. The number of rotatable bonds is 4. The molecule has 0 bridgehead atoms. The molecule has 2 aliphatic rings. The summed E-state index contributed by atoms with van der Waals surface area (Å²) in [7, 11) is 0. The molecule has 0 spiro atoms. The summed E-state index contributed by atoms with van der Waals surface area (Å²) < 4.78 is 6.18. The van der Waals surface area contributed by atoms with Gasteiger partial charge in [-0.1, -0.05) is 25.4 Å². The zero-order valence-electron chi connectivity index (χ0n) is 13.3. The Morgan fingerprint density at radius 2 is 1.86 bits per heavy atom. The van der Waals surface area contributed by atoms with Gasteiger partial charge in [-0.05, 0) is 56.9 Å². The smallest absolute Gasteiger partial charge is 0.162 e. The van der Waals surface area contributed by atoms with Crippen LogP contribution in [0.2, 0.25) is 5.15 Å². The van der Waals surface area contributed by atoms with Crippen LogP contribution in [0.4, 0.5) is 0 Å². The first-order valence-electron chi connectivity index (χ1n) is 8.13. The molecule has 116 valence electrons. The van der Waals surface area contributed by atoms with Crippen molar-refractivity contribution in [3.63, 3.8) is 0 Å². The molecule has 1 aromatic heterocycles. The van der Waals surface area contributed by atoms with Gasteiger partial charge in [-0.3, -0.25) is 0 Å². The van der Waals surface area contributed by atoms with Gasteiger partial charge in [0.15, 0.2) is 5.82 Å². The minimum atomic E-state index is -0.335. The van der Waals surface area contributed by atoms with Crippen LogP contribution in [0, 0.1) is 5.41 Å². The number of nitrogens with zero attached hydrogens (tertiary/aromatic N) is 2. The minimum Gasteiger partial charge on any atom is -0.367 e. The Balaban J connectivity index is 1.93. The van der Waals surface area contributed by atoms with Gasteiger partial charge in [0.25, 0.3) is 0 Å². The first-order chi connectivity index (χ1) is 9.94. The molecule has 2 aliphatic carbocycles. The Kier molecular flexibility index (Phi) is 4.00. The van der Waals surface area contributed by atoms with Gasteiger partial charge in [0.2, 0.25) is 0 Å². The summed E-state index contributed by atoms with van der Waals surface area (Å²) in [5, 5.41) is 0.561. The van der Waals surface area contributed by atoms with Crippen LogP contribution in [0.15, 0.2) is 6.07 Å². The molecule has 3 nitrogen and oxygen atoms in total. The second kappa shape index (κ2) is 5.51. The second-order valence-corrected chi connectivity index (χ2v) is 7.69. The van der Waals surface area contributed by atoms with E-state index in [0.29, 0.717) is 23.1 Å². The molecule has 3 rings (SSSR count). The average molecular weight is 309 g/mol. The van der Waals surface area contributed by atoms with E-state index in [-0.39, 0.29) is 5.60 Å². The Bertz CT molecular complexity index is 516. The van der Waals surface area contributed by atoms with E-state index < -0.39 is 0 Å². The van der Waals surface area contributed by atoms with Crippen molar-refractivity contribution in [2.24, 2.45) is 5.41 Å². The van der Waals surface area contributed by atoms with Gasteiger partial charge < -0.3 is 4.74 Å². The van der Waals surface area contributed by atoms with Crippen LogP contribution in [0.5, 0.6) is 0 Å². The highest BCUT2D eigenvalue weighted by Gasteiger charge is 2.43. The van der Waals surface area contributed by atoms with Crippen molar-refractivity contribution < 1.29 is 4.74 Å². The van der Waals surface area contributed by atoms with Crippen LogP contribution < -0.4 is 0 Å². The van der Waals surface area contributed by atoms with Crippen LogP contribution >= 0.6 is 11.6 Å². The highest BCUT2D eigenvalue weighted by atomic mass is 35.5. The molecule has 0 saturated heterocycles. The number of halogens is 1. The van der Waals surface area contributed by atoms with E-state index in [4.69, 9.17) is 21.3 Å². The summed E-state index contributed by atoms with van der Waals surface area (Å²) >= 11 is 6.25. The molecule has 2 fully saturated rings. The van der Waals surface area contributed by atoms with Crippen molar-refractivity contribution in [3.05, 3.63) is 22.7 Å². The summed E-state index contributed by atoms with van der Waals surface area (Å²) in [6.07, 6.45) is 6.70. The minimum absolute atomic E-state index is 0.335. The fourth-order valence-electron chi connectivity index (χ4n) is 3.27. The first-order valence-corrected chi connectivity index (χ1v) is 8.51. The van der Waals surface area contributed by atoms with E-state index in [9.17, 15) is 0 Å². The van der Waals surface area contributed by atoms with Crippen LogP contribution in [0.25, 0.3) is 0 Å². The van der Waals surface area contributed by atoms with E-state index >= 15 is 0 Å². The van der Waals surface area contributed by atoms with E-state index in [2.05, 4.69) is 18.8 Å². The largest absolute Gasteiger partial charge is 0.367 e. The van der Waals surface area contributed by atoms with Crippen LogP contribution in [-0.2, 0) is 10.3 Å². The molecule has 4 heteroatoms. The Morgan fingerprint density at radius 3 is 2.43 bits per heavy atom. The predicted molar refractivity (Wildman–Crippen MR) is 84.6 cm³/mol. The lowest BCUT2D eigenvalue weighted by Gasteiger charge is -2.42. The Morgan fingerprint density at radius 1 is 1.19 bits per heavy atom. The van der Waals surface area contributed by atoms with Gasteiger partial charge in [-0.15, -0.1) is 0 Å². The lowest BCUT2D eigenvalue weighted by Crippen LogP contribution is -2.39. The molecule has 0 unspecified atom stereocenters. The highest BCUT2D eigenvalue weighted by molar-refractivity contribution is 6.29. The standard InChI is InChI=1S/C17H25ClN2O/c1-4-21-17(9-7-16(2,3)8-10-17)15-19-13(12-5-6-12)11-14(18)20-15/h11-12H,4-10H2,1-3H3. The fourth-order valence-corrected chi connectivity index (χ4v) is 3.46. The molecule has 0 atom stereocenters. The molecule has 0 aliphatic heterocycles. The molecule has 0 aromatic carbocycles. The first kappa shape index (κ1) is 15.2. The molecule has 2 saturated carbocycles. The second-order valence-electron chi connectivity index (χ2n) is 7.30. The van der Waals surface area contributed by atoms with Crippen molar-refractivity contribution >= 4 is 11.6 Å². The van der Waals surface area contributed by atoms with Gasteiger partial charge in [-0.25, -0.2) is 9.97 Å². The van der Waals surface area contributed by atoms with E-state index in [1.54, 1.807) is 0 Å². The maximum Gasteiger partial charge on any atom is 0.162 e. The number of ether oxygens (including phenoxy) is 1. The number of hydrogen-bond donors (Lipinski definition) is 0. The third kappa shape index (κ3) is 3.24. The SMILES string of the molecule is CCOC1(c2nc(Cl)cc(C3CC3)n2)CCC(C)(C)CC1. The molecular weight excluding hydrogens is 284 g/mol. The van der Waals surface area contributed by atoms with E-state index in [0.717, 1.165) is 37.2 Å². The quantitative estimate of drug-likeness (QED) is 0.747. The van der Waals surface area contributed by atoms with Crippen LogP contribution in [0.3, 0.4) is 0 Å². The maximum absolute atomic E-state index is 6.25. The fraction of sp³-hybridized carbons (Fsp3) is 0.765. The molecule has 21 heavy (non-hydrogen) atoms. The summed E-state index contributed by atoms with van der Waals surface area (Å²) in [4.78, 5) is 9.37. The number of hydrogen-bond acceptors (Lipinski definition) is 3. The topological polar surface area (TPSA) is 35.0 Å². The van der Waals surface area contributed by atoms with E-state index in [1.807, 2.05) is 13.0 Å². The zero-order chi connectivity index (χ0) is 15.1. The van der Waals surface area contributed by atoms with E-state index in [1.165, 1.54) is 12.8 Å². The zero-order valence-corrected chi connectivity index (χ0v) is 14.0. The molecule has 1 aromatic rings. The summed E-state index contributed by atoms with van der Waals surface area (Å²) in [5.41, 5.74) is 1.16. The summed E-state index contributed by atoms with van der Waals surface area (Å²) in [6, 6.07) is 1.93. The van der Waals surface area contributed by atoms with Gasteiger partial charge in [0.05, 0.1) is 0 Å². The molecule has 0 N–H and O–H groups in total. The third-order valence-corrected chi connectivity index (χ3v) is 5.14. The van der Waals surface area contributed by atoms with Crippen molar-refractivity contribution in [3.8, 4) is 0 Å². The highest BCUT2D eigenvalue weighted by Crippen LogP contribution is 2.47. The molecule has 0 amide bonds. The van der Waals surface area contributed by atoms with Crippen molar-refractivity contribution in [2.75, 3.05) is 6.61 Å². The molecular formula is C17H25ClN2O. The van der Waals surface area contributed by atoms with Crippen LogP contribution in [0.1, 0.15) is 76.7 Å². The summed E-state index contributed by atoms with van der Waals surface area (Å²) in [6.45, 7) is 7.40. The Hall–Kier alpha value is -0.670. The monoisotopic (exact) mass is 308 g/mol. The predicted octanol–water partition coefficient (Wildman–Crippen LogP) is 4.84. The van der Waals surface area contributed by atoms with Crippen molar-refractivity contribution in [1.82, 2.24) is 9.97 Å². The molecule has 0 radical (unpaired) electrons. The van der Waals surface area contributed by atoms with Gasteiger partial charge in [-0.2, -0.15) is 0 Å². The average Bonchev–Trinajstić information content (AvgIpc) is 3.25. The molecule has 1 heterocycles. The lowest BCUT2D eigenvalue weighted by molar-refractivity contribution is -0.0949. The number of aromatic nitrogens is 2. The van der Waals surface area contributed by atoms with Gasteiger partial charge in [0.1, 0.15) is 10.8 Å². The van der Waals surface area contributed by atoms with Gasteiger partial charge in [0, 0.05) is 18.2 Å². The summed E-state index contributed by atoms with van der Waals surface area (Å²) in [5.74, 6) is 1.40. The Labute approximate surface area is 132 Å². The third-order valence-electron chi connectivity index (χ3n) is 4.95. The normalized spacial score (nSPS) is 24.0. The van der Waals surface area contributed by atoms with Crippen LogP contribution in [-0.4, -0.2) is 16.6 Å². The lowest BCUT2D eigenvalue weighted by atomic mass is 9.70. The van der Waals surface area contributed by atoms with Crippen molar-refractivity contribution in [1.29, 1.82) is 0 Å². The van der Waals surface area contributed by atoms with Gasteiger partial charge >= 0.3 is 0 Å².